The first-order valence-electron chi connectivity index (χ1n) is 10.8. The minimum atomic E-state index is -0.124. The van der Waals surface area contributed by atoms with E-state index in [9.17, 15) is 5.21 Å². The lowest BCUT2D eigenvalue weighted by molar-refractivity contribution is 0.0851. The fourth-order valence-corrected chi connectivity index (χ4v) is 4.14. The van der Waals surface area contributed by atoms with E-state index in [-0.39, 0.29) is 12.0 Å². The van der Waals surface area contributed by atoms with Gasteiger partial charge in [-0.15, -0.1) is 5.10 Å². The van der Waals surface area contributed by atoms with E-state index in [0.29, 0.717) is 31.3 Å². The maximum Gasteiger partial charge on any atom is 0.180 e. The number of hydrogen-bond acceptors (Lipinski definition) is 7. The zero-order valence-corrected chi connectivity index (χ0v) is 18.1. The Hall–Kier alpha value is -2.74. The molecule has 4 rings (SSSR count). The molecule has 1 aromatic carbocycles. The Morgan fingerprint density at radius 2 is 1.87 bits per heavy atom. The molecule has 3 aromatic rings. The molecule has 7 nitrogen and oxygen atoms in total. The molecule has 162 valence electrons. The highest BCUT2D eigenvalue weighted by Crippen LogP contribution is 2.33. The molecule has 2 aromatic heterocycles. The van der Waals surface area contributed by atoms with Gasteiger partial charge in [0.2, 0.25) is 0 Å². The van der Waals surface area contributed by atoms with E-state index >= 15 is 0 Å². The normalized spacial score (nSPS) is 19.1. The zero-order valence-electron chi connectivity index (χ0n) is 18.1. The monoisotopic (exact) mass is 418 g/mol. The van der Waals surface area contributed by atoms with Crippen molar-refractivity contribution in [1.29, 1.82) is 0 Å². The molecule has 1 fully saturated rings. The van der Waals surface area contributed by atoms with Gasteiger partial charge in [-0.05, 0) is 62.9 Å². The van der Waals surface area contributed by atoms with Crippen molar-refractivity contribution in [2.45, 2.75) is 45.1 Å². The van der Waals surface area contributed by atoms with E-state index in [1.807, 2.05) is 13.0 Å². The average molecular weight is 419 g/mol. The van der Waals surface area contributed by atoms with Crippen LogP contribution in [0.2, 0.25) is 0 Å². The van der Waals surface area contributed by atoms with Crippen LogP contribution in [0.4, 0.5) is 0 Å². The first-order chi connectivity index (χ1) is 15.1. The van der Waals surface area contributed by atoms with Gasteiger partial charge in [0.05, 0.1) is 12.3 Å². The molecule has 0 N–H and O–H groups in total. The topological polar surface area (TPSA) is 87.1 Å². The van der Waals surface area contributed by atoms with Gasteiger partial charge in [-0.3, -0.25) is 0 Å². The molecule has 7 heteroatoms. The third-order valence-corrected chi connectivity index (χ3v) is 5.80. The van der Waals surface area contributed by atoms with Gasteiger partial charge < -0.3 is 15.0 Å². The highest BCUT2D eigenvalue weighted by atomic mass is 16.5. The van der Waals surface area contributed by atoms with E-state index in [2.05, 4.69) is 51.4 Å². The quantitative estimate of drug-likeness (QED) is 0.513. The van der Waals surface area contributed by atoms with Crippen LogP contribution >= 0.6 is 0 Å². The summed E-state index contributed by atoms with van der Waals surface area (Å²) in [5.74, 6) is 0.812. The summed E-state index contributed by atoms with van der Waals surface area (Å²) in [5, 5.41) is 22.0. The van der Waals surface area contributed by atoms with Crippen LogP contribution in [0.1, 0.15) is 41.1 Å². The molecular weight excluding hydrogens is 390 g/mol. The van der Waals surface area contributed by atoms with Crippen molar-refractivity contribution in [3.63, 3.8) is 0 Å². The van der Waals surface area contributed by atoms with Crippen molar-refractivity contribution >= 4 is 0 Å². The van der Waals surface area contributed by atoms with Gasteiger partial charge in [0.1, 0.15) is 5.69 Å². The van der Waals surface area contributed by atoms with Crippen LogP contribution in [-0.4, -0.2) is 51.0 Å². The van der Waals surface area contributed by atoms with Crippen LogP contribution in [0.5, 0.6) is 0 Å². The number of aryl methyl sites for hydroxylation is 3. The van der Waals surface area contributed by atoms with Crippen LogP contribution < -0.4 is 0 Å². The van der Waals surface area contributed by atoms with Crippen molar-refractivity contribution in [3.05, 3.63) is 76.4 Å². The summed E-state index contributed by atoms with van der Waals surface area (Å²) in [6.07, 6.45) is 5.90. The SMILES string of the molecule is Cc1ccc([C@H]2CCN([O-])[C@@H]2COCCCc2cc(C)nnc2-c2ncccn2)cc1. The number of nitrogens with zero attached hydrogens (tertiary/aromatic N) is 5. The van der Waals surface area contributed by atoms with Gasteiger partial charge in [-0.2, -0.15) is 5.10 Å². The van der Waals surface area contributed by atoms with Gasteiger partial charge in [-0.25, -0.2) is 9.97 Å². The van der Waals surface area contributed by atoms with E-state index in [1.54, 1.807) is 18.5 Å². The molecule has 0 radical (unpaired) electrons. The second-order valence-electron chi connectivity index (χ2n) is 8.12. The van der Waals surface area contributed by atoms with Gasteiger partial charge in [0.25, 0.3) is 0 Å². The predicted octanol–water partition coefficient (Wildman–Crippen LogP) is 3.86. The van der Waals surface area contributed by atoms with E-state index in [0.717, 1.165) is 30.5 Å². The predicted molar refractivity (Wildman–Crippen MR) is 119 cm³/mol. The third-order valence-electron chi connectivity index (χ3n) is 5.80. The molecule has 2 atom stereocenters. The number of hydrogen-bond donors (Lipinski definition) is 0. The van der Waals surface area contributed by atoms with Crippen molar-refractivity contribution < 1.29 is 4.74 Å². The summed E-state index contributed by atoms with van der Waals surface area (Å²) in [6, 6.07) is 12.2. The standard InChI is InChI=1S/C24H28N5O2/c1-17-6-8-19(9-7-17)21-10-13-29(30)22(21)16-31-14-3-5-20-15-18(2)27-28-23(20)24-25-11-4-12-26-24/h4,6-9,11-12,15,21-22H,3,5,10,13-14,16H2,1-2H3/q-1/t21-,22-/m1/s1. The molecule has 3 heterocycles. The van der Waals surface area contributed by atoms with Crippen molar-refractivity contribution in [2.75, 3.05) is 19.8 Å². The second-order valence-corrected chi connectivity index (χ2v) is 8.12. The molecule has 0 amide bonds. The Morgan fingerprint density at radius 3 is 2.65 bits per heavy atom. The second kappa shape index (κ2) is 10.0. The molecule has 0 unspecified atom stereocenters. The number of aromatic nitrogens is 4. The van der Waals surface area contributed by atoms with Crippen LogP contribution in [0.25, 0.3) is 11.5 Å². The Kier molecular flexibility index (Phi) is 6.96. The molecule has 31 heavy (non-hydrogen) atoms. The smallest absolute Gasteiger partial charge is 0.180 e. The summed E-state index contributed by atoms with van der Waals surface area (Å²) in [6.45, 7) is 5.60. The number of rotatable bonds is 8. The highest BCUT2D eigenvalue weighted by Gasteiger charge is 2.30. The molecule has 1 aliphatic rings. The maximum absolute atomic E-state index is 12.4. The molecule has 0 bridgehead atoms. The lowest BCUT2D eigenvalue weighted by atomic mass is 9.92. The Balaban J connectivity index is 1.32. The van der Waals surface area contributed by atoms with Gasteiger partial charge >= 0.3 is 0 Å². The van der Waals surface area contributed by atoms with E-state index < -0.39 is 0 Å². The number of benzene rings is 1. The van der Waals surface area contributed by atoms with Crippen molar-refractivity contribution in [3.8, 4) is 11.5 Å². The first kappa shape index (κ1) is 21.5. The molecular formula is C24H28N5O2-. The fourth-order valence-electron chi connectivity index (χ4n) is 4.14. The molecule has 1 aliphatic heterocycles. The number of ether oxygens (including phenoxy) is 1. The lowest BCUT2D eigenvalue weighted by Gasteiger charge is -2.33. The summed E-state index contributed by atoms with van der Waals surface area (Å²) in [4.78, 5) is 8.60. The van der Waals surface area contributed by atoms with Gasteiger partial charge in [-0.1, -0.05) is 29.8 Å². The summed E-state index contributed by atoms with van der Waals surface area (Å²) in [7, 11) is 0. The lowest BCUT2D eigenvalue weighted by Crippen LogP contribution is -2.32. The Morgan fingerprint density at radius 1 is 1.10 bits per heavy atom. The third kappa shape index (κ3) is 5.31. The molecule has 0 spiro atoms. The summed E-state index contributed by atoms with van der Waals surface area (Å²) >= 11 is 0. The number of hydroxylamine groups is 2. The highest BCUT2D eigenvalue weighted by molar-refractivity contribution is 5.53. The molecule has 0 saturated carbocycles. The Bertz CT molecular complexity index is 981. The van der Waals surface area contributed by atoms with Crippen LogP contribution in [0.15, 0.2) is 48.8 Å². The molecule has 0 aliphatic carbocycles. The van der Waals surface area contributed by atoms with Gasteiger partial charge in [0.15, 0.2) is 5.82 Å². The Labute approximate surface area is 183 Å². The first-order valence-corrected chi connectivity index (χ1v) is 10.8. The minimum absolute atomic E-state index is 0.124. The zero-order chi connectivity index (χ0) is 21.6. The molecule has 1 saturated heterocycles. The van der Waals surface area contributed by atoms with Crippen LogP contribution in [0, 0.1) is 19.1 Å². The fraction of sp³-hybridized carbons (Fsp3) is 0.417. The van der Waals surface area contributed by atoms with Crippen molar-refractivity contribution in [2.24, 2.45) is 0 Å². The minimum Gasteiger partial charge on any atom is -0.785 e. The van der Waals surface area contributed by atoms with Gasteiger partial charge in [0, 0.05) is 31.0 Å². The van der Waals surface area contributed by atoms with E-state index in [4.69, 9.17) is 4.74 Å². The van der Waals surface area contributed by atoms with E-state index in [1.165, 1.54) is 16.2 Å². The largest absolute Gasteiger partial charge is 0.785 e. The maximum atomic E-state index is 12.4. The average Bonchev–Trinajstić information content (AvgIpc) is 3.15. The summed E-state index contributed by atoms with van der Waals surface area (Å²) in [5.41, 5.74) is 5.10. The van der Waals surface area contributed by atoms with Crippen LogP contribution in [0.3, 0.4) is 0 Å². The van der Waals surface area contributed by atoms with Crippen molar-refractivity contribution in [1.82, 2.24) is 25.2 Å². The van der Waals surface area contributed by atoms with Crippen LogP contribution in [-0.2, 0) is 11.2 Å². The summed E-state index contributed by atoms with van der Waals surface area (Å²) < 4.78 is 5.95.